The van der Waals surface area contributed by atoms with Crippen LogP contribution in [-0.2, 0) is 32.5 Å². The van der Waals surface area contributed by atoms with Gasteiger partial charge in [0.15, 0.2) is 5.58 Å². The number of anilines is 8. The van der Waals surface area contributed by atoms with Gasteiger partial charge in [0, 0.05) is 78.2 Å². The minimum Gasteiger partial charge on any atom is -0.454 e. The summed E-state index contributed by atoms with van der Waals surface area (Å²) in [4.78, 5) is 7.72. The molecule has 0 bridgehead atoms. The molecule has 2 aromatic heterocycles. The maximum Gasteiger partial charge on any atom is 0.252 e. The van der Waals surface area contributed by atoms with Crippen LogP contribution in [0.15, 0.2) is 204 Å². The molecule has 0 saturated carbocycles. The molecule has 95 heavy (non-hydrogen) atoms. The van der Waals surface area contributed by atoms with Gasteiger partial charge in [-0.15, -0.1) is 0 Å². The lowest BCUT2D eigenvalue weighted by molar-refractivity contribution is 0.479. The molecule has 0 radical (unpaired) electrons. The van der Waals surface area contributed by atoms with E-state index in [1.807, 2.05) is 0 Å². The molecule has 0 unspecified atom stereocenters. The molecule has 4 aliphatic rings. The van der Waals surface area contributed by atoms with Gasteiger partial charge >= 0.3 is 0 Å². The second-order valence-corrected chi connectivity index (χ2v) is 34.7. The first kappa shape index (κ1) is 62.4. The van der Waals surface area contributed by atoms with E-state index in [9.17, 15) is 0 Å². The second kappa shape index (κ2) is 21.1. The van der Waals surface area contributed by atoms with E-state index in [1.54, 1.807) is 0 Å². The Morgan fingerprint density at radius 3 is 1.53 bits per heavy atom. The highest BCUT2D eigenvalue weighted by Gasteiger charge is 2.49. The number of allylic oxidation sites excluding steroid dienone is 4. The summed E-state index contributed by atoms with van der Waals surface area (Å²) in [5, 5.41) is 3.55. The third-order valence-corrected chi connectivity index (χ3v) is 21.7. The molecule has 5 nitrogen and oxygen atoms in total. The first-order chi connectivity index (χ1) is 44.7. The summed E-state index contributed by atoms with van der Waals surface area (Å²) >= 11 is 0. The fraction of sp³-hybridized carbons (Fsp3) is 0.326. The molecule has 0 N–H and O–H groups in total. The first-order valence-electron chi connectivity index (χ1n) is 34.9. The van der Waals surface area contributed by atoms with Gasteiger partial charge in [-0.25, -0.2) is 0 Å². The summed E-state index contributed by atoms with van der Waals surface area (Å²) in [6, 6.07) is 68.9. The van der Waals surface area contributed by atoms with Crippen LogP contribution in [0, 0.1) is 5.41 Å². The molecule has 0 saturated heterocycles. The molecule has 4 heterocycles. The number of benzene rings is 9. The zero-order valence-corrected chi connectivity index (χ0v) is 60.1. The number of hydrogen-bond donors (Lipinski definition) is 0. The van der Waals surface area contributed by atoms with Crippen molar-refractivity contribution in [3.63, 3.8) is 0 Å². The third-order valence-electron chi connectivity index (χ3n) is 21.7. The van der Waals surface area contributed by atoms with E-state index in [0.717, 1.165) is 80.3 Å². The number of aromatic nitrogens is 1. The Morgan fingerprint density at radius 1 is 0.411 bits per heavy atom. The average Bonchev–Trinajstić information content (AvgIpc) is 1.55. The van der Waals surface area contributed by atoms with Crippen LogP contribution in [0.1, 0.15) is 190 Å². The van der Waals surface area contributed by atoms with E-state index in [0.29, 0.717) is 0 Å². The maximum atomic E-state index is 7.49. The van der Waals surface area contributed by atoms with Gasteiger partial charge in [0.1, 0.15) is 5.58 Å². The average molecular weight is 1250 g/mol. The van der Waals surface area contributed by atoms with Crippen molar-refractivity contribution in [2.24, 2.45) is 5.41 Å². The van der Waals surface area contributed by atoms with Gasteiger partial charge in [-0.2, -0.15) is 0 Å². The minimum absolute atomic E-state index is 0.00258. The Balaban J connectivity index is 1.10. The Labute approximate surface area is 566 Å². The van der Waals surface area contributed by atoms with Crippen LogP contribution in [0.25, 0.3) is 49.8 Å². The lowest BCUT2D eigenvalue weighted by Gasteiger charge is -2.42. The number of hydrogen-bond acceptors (Lipinski definition) is 4. The maximum absolute atomic E-state index is 7.49. The second-order valence-electron chi connectivity index (χ2n) is 34.7. The summed E-state index contributed by atoms with van der Waals surface area (Å²) in [7, 11) is 0. The first-order valence-corrected chi connectivity index (χ1v) is 34.9. The molecule has 0 fully saturated rings. The van der Waals surface area contributed by atoms with Crippen LogP contribution in [-0.4, -0.2) is 11.3 Å². The Morgan fingerprint density at radius 2 is 0.958 bits per heavy atom. The smallest absolute Gasteiger partial charge is 0.252 e. The lowest BCUT2D eigenvalue weighted by Crippen LogP contribution is -2.60. The van der Waals surface area contributed by atoms with E-state index in [-0.39, 0.29) is 44.6 Å². The molecule has 6 heteroatoms. The lowest BCUT2D eigenvalue weighted by atomic mass is 9.33. The van der Waals surface area contributed by atoms with Crippen molar-refractivity contribution < 1.29 is 4.42 Å². The molecule has 2 aliphatic heterocycles. The minimum atomic E-state index is -0.284. The highest BCUT2D eigenvalue weighted by molar-refractivity contribution is 7.00. The SMILES string of the molecule is CC(C)(C)C1=CC=C(N(c2ccc(C(C)(C)C)cc2)c2ccc3c(c2)N(c2cccc4c2oc2cc(C(C)(C)C)ccc24)c2cc(N(c4ccc(C(C)(C)C)cc4)c4ccc(C(C)(C)C)cc4)cc4c2B3c2cc(C(C)(C)C)cc3c5c(n-4c23)-c2ccccc2C5(C)C)CC1. The highest BCUT2D eigenvalue weighted by Crippen LogP contribution is 2.57. The highest BCUT2D eigenvalue weighted by atomic mass is 16.3. The van der Waals surface area contributed by atoms with Crippen LogP contribution in [0.5, 0.6) is 0 Å². The van der Waals surface area contributed by atoms with Crippen LogP contribution in [0.4, 0.5) is 45.5 Å². The third kappa shape index (κ3) is 10.1. The van der Waals surface area contributed by atoms with Gasteiger partial charge in [-0.1, -0.05) is 247 Å². The molecule has 11 aromatic rings. The van der Waals surface area contributed by atoms with Crippen molar-refractivity contribution in [1.82, 2.24) is 4.57 Å². The normalized spacial score (nSPS) is 15.2. The van der Waals surface area contributed by atoms with Crippen molar-refractivity contribution >= 4 is 101 Å². The van der Waals surface area contributed by atoms with Crippen LogP contribution in [0.2, 0.25) is 0 Å². The number of nitrogens with zero attached hydrogens (tertiary/aromatic N) is 4. The quantitative estimate of drug-likeness (QED) is 0.149. The summed E-state index contributed by atoms with van der Waals surface area (Å²) in [6.45, 7) is 46.7. The van der Waals surface area contributed by atoms with E-state index < -0.39 is 0 Å². The molecule has 15 rings (SSSR count). The van der Waals surface area contributed by atoms with Crippen molar-refractivity contribution in [3.05, 3.63) is 238 Å². The molecule has 0 amide bonds. The topological polar surface area (TPSA) is 27.8 Å². The zero-order valence-electron chi connectivity index (χ0n) is 60.1. The summed E-state index contributed by atoms with van der Waals surface area (Å²) in [5.74, 6) is 0. The molecule has 2 aliphatic carbocycles. The number of para-hydroxylation sites is 1. The standard InChI is InChI=1S/C89H95BN4O/c1-83(2,3)54-28-37-60(38-29-54)91(61-39-30-55(31-40-61)84(4,5)6)64-45-47-71-74(51-64)93(73-27-23-25-67-66-46-36-58(87(13,14)15)50-77(66)95-82(67)73)75-52-65(92(62-41-32-56(33-42-62)85(7,8)9)63-43-34-57(35-44-63)86(10,11)12)53-76-79(75)90(71)72-49-59(88(16,17)18)48-69-78-81(94(76)80(69)72)68-24-21-22-26-70(68)89(78,19)20/h21-30,32-39,41-53H,31,40H2,1-20H3. The molecule has 0 atom stereocenters. The van der Waals surface area contributed by atoms with E-state index >= 15 is 0 Å². The Kier molecular flexibility index (Phi) is 13.9. The van der Waals surface area contributed by atoms with E-state index in [2.05, 4.69) is 346 Å². The molecular formula is C89H95BN4O. The Hall–Kier alpha value is -8.74. The number of furan rings is 1. The van der Waals surface area contributed by atoms with Crippen molar-refractivity contribution in [1.29, 1.82) is 0 Å². The fourth-order valence-electron chi connectivity index (χ4n) is 16.1. The molecule has 0 spiro atoms. The molecule has 9 aromatic carbocycles. The van der Waals surface area contributed by atoms with Crippen LogP contribution >= 0.6 is 0 Å². The fourth-order valence-corrected chi connectivity index (χ4v) is 16.1. The van der Waals surface area contributed by atoms with Gasteiger partial charge in [-0.05, 0) is 186 Å². The number of fused-ring (bicyclic) bond motifs is 12. The van der Waals surface area contributed by atoms with Gasteiger partial charge < -0.3 is 23.7 Å². The van der Waals surface area contributed by atoms with Gasteiger partial charge in [0.2, 0.25) is 0 Å². The number of rotatable bonds is 7. The summed E-state index contributed by atoms with van der Waals surface area (Å²) < 4.78 is 10.2. The van der Waals surface area contributed by atoms with Gasteiger partial charge in [-0.3, -0.25) is 0 Å². The van der Waals surface area contributed by atoms with E-state index in [4.69, 9.17) is 4.42 Å². The summed E-state index contributed by atoms with van der Waals surface area (Å²) in [5.41, 5.74) is 31.1. The van der Waals surface area contributed by atoms with Crippen LogP contribution < -0.4 is 31.1 Å². The largest absolute Gasteiger partial charge is 0.454 e. The van der Waals surface area contributed by atoms with E-state index in [1.165, 1.54) is 94.5 Å². The van der Waals surface area contributed by atoms with Gasteiger partial charge in [0.25, 0.3) is 6.71 Å². The Bertz CT molecular complexity index is 4960. The van der Waals surface area contributed by atoms with Crippen molar-refractivity contribution in [2.75, 3.05) is 14.7 Å². The predicted molar refractivity (Wildman–Crippen MR) is 409 cm³/mol. The molecular weight excluding hydrogens is 1150 g/mol. The summed E-state index contributed by atoms with van der Waals surface area (Å²) in [6.07, 6.45) is 6.73. The van der Waals surface area contributed by atoms with Crippen molar-refractivity contribution in [3.8, 4) is 16.9 Å². The molecule has 480 valence electrons. The monoisotopic (exact) mass is 1250 g/mol. The van der Waals surface area contributed by atoms with Gasteiger partial charge in [0.05, 0.1) is 17.1 Å². The van der Waals surface area contributed by atoms with Crippen molar-refractivity contribution in [2.45, 2.75) is 184 Å². The van der Waals surface area contributed by atoms with Crippen LogP contribution in [0.3, 0.4) is 0 Å². The zero-order chi connectivity index (χ0) is 67.2. The predicted octanol–water partition coefficient (Wildman–Crippen LogP) is 23.2.